The first kappa shape index (κ1) is 26.6. The summed E-state index contributed by atoms with van der Waals surface area (Å²) in [6, 6.07) is 4.05. The van der Waals surface area contributed by atoms with E-state index in [1.54, 1.807) is 19.1 Å². The summed E-state index contributed by atoms with van der Waals surface area (Å²) in [6.07, 6.45) is 1.22. The van der Waals surface area contributed by atoms with Crippen LogP contribution in [0.4, 0.5) is 0 Å². The monoisotopic (exact) mass is 486 g/mol. The van der Waals surface area contributed by atoms with Gasteiger partial charge in [-0.3, -0.25) is 0 Å². The zero-order chi connectivity index (χ0) is 24.3. The molecule has 1 N–H and O–H groups in total. The molecule has 1 aromatic rings. The topological polar surface area (TPSA) is 104 Å². The van der Waals surface area contributed by atoms with Crippen molar-refractivity contribution < 1.29 is 26.7 Å². The SMILES string of the molecule is CC(C)CC#Cc1ccc2c(c1)O[C@H](CN(C)S(C)(=O)=O)[C@H](C)CN([C@H](C)CO)S2(=O)=O. The lowest BCUT2D eigenvalue weighted by Crippen LogP contribution is -2.50. The fraction of sp³-hybridized carbons (Fsp3) is 0.636. The van der Waals surface area contributed by atoms with Crippen molar-refractivity contribution >= 4 is 20.0 Å². The maximum atomic E-state index is 13.4. The average Bonchev–Trinajstić information content (AvgIpc) is 2.68. The summed E-state index contributed by atoms with van der Waals surface area (Å²) in [5.41, 5.74) is 0.616. The van der Waals surface area contributed by atoms with Crippen LogP contribution in [-0.4, -0.2) is 75.7 Å². The second-order valence-corrected chi connectivity index (χ2v) is 12.8. The Bertz CT molecular complexity index is 1070. The third kappa shape index (κ3) is 6.45. The molecule has 0 amide bonds. The third-order valence-corrected chi connectivity index (χ3v) is 8.71. The van der Waals surface area contributed by atoms with Crippen LogP contribution >= 0.6 is 0 Å². The predicted octanol–water partition coefficient (Wildman–Crippen LogP) is 1.74. The van der Waals surface area contributed by atoms with E-state index in [-0.39, 0.29) is 36.3 Å². The van der Waals surface area contributed by atoms with Gasteiger partial charge in [0.15, 0.2) is 0 Å². The Balaban J connectivity index is 2.59. The van der Waals surface area contributed by atoms with Crippen LogP contribution in [0.1, 0.15) is 39.7 Å². The van der Waals surface area contributed by atoms with Crippen molar-refractivity contribution in [2.75, 3.05) is 33.0 Å². The van der Waals surface area contributed by atoms with Gasteiger partial charge in [-0.1, -0.05) is 32.6 Å². The summed E-state index contributed by atoms with van der Waals surface area (Å²) in [7, 11) is -5.94. The molecule has 3 atom stereocenters. The predicted molar refractivity (Wildman–Crippen MR) is 124 cm³/mol. The molecule has 32 heavy (non-hydrogen) atoms. The zero-order valence-electron chi connectivity index (χ0n) is 19.6. The highest BCUT2D eigenvalue weighted by molar-refractivity contribution is 7.89. The molecule has 0 fully saturated rings. The van der Waals surface area contributed by atoms with Crippen LogP contribution in [-0.2, 0) is 20.0 Å². The quantitative estimate of drug-likeness (QED) is 0.615. The molecule has 0 aliphatic carbocycles. The number of likely N-dealkylation sites (N-methyl/N-ethyl adjacent to an activating group) is 1. The second kappa shape index (κ2) is 10.5. The highest BCUT2D eigenvalue weighted by atomic mass is 32.2. The summed E-state index contributed by atoms with van der Waals surface area (Å²) in [4.78, 5) is -0.0221. The van der Waals surface area contributed by atoms with Crippen molar-refractivity contribution in [3.63, 3.8) is 0 Å². The van der Waals surface area contributed by atoms with Crippen LogP contribution in [0.5, 0.6) is 5.75 Å². The van der Waals surface area contributed by atoms with E-state index in [1.165, 1.54) is 21.7 Å². The maximum Gasteiger partial charge on any atom is 0.247 e. The van der Waals surface area contributed by atoms with Gasteiger partial charge in [0.25, 0.3) is 0 Å². The van der Waals surface area contributed by atoms with Gasteiger partial charge in [-0.05, 0) is 31.0 Å². The standard InChI is InChI=1S/C22H34N2O6S2/c1-16(2)8-7-9-19-10-11-22-20(12-19)30-21(14-23(5)31(6,26)27)17(3)13-24(18(4)15-25)32(22,28)29/h10-12,16-18,21,25H,8,13-15H2,1-6H3/t17-,18-,21-/m1/s1. The number of rotatable bonds is 6. The molecule has 1 aliphatic heterocycles. The smallest absolute Gasteiger partial charge is 0.247 e. The number of aliphatic hydroxyl groups excluding tert-OH is 1. The second-order valence-electron chi connectivity index (χ2n) is 8.84. The third-order valence-electron chi connectivity index (χ3n) is 5.41. The van der Waals surface area contributed by atoms with Crippen molar-refractivity contribution in [2.24, 2.45) is 11.8 Å². The van der Waals surface area contributed by atoms with E-state index in [9.17, 15) is 21.9 Å². The molecule has 1 aliphatic rings. The van der Waals surface area contributed by atoms with E-state index in [0.29, 0.717) is 17.9 Å². The number of hydrogen-bond donors (Lipinski definition) is 1. The molecule has 8 nitrogen and oxygen atoms in total. The molecule has 0 radical (unpaired) electrons. The molecule has 0 spiro atoms. The first-order valence-electron chi connectivity index (χ1n) is 10.6. The molecule has 1 heterocycles. The van der Waals surface area contributed by atoms with Crippen LogP contribution in [0.2, 0.25) is 0 Å². The fourth-order valence-electron chi connectivity index (χ4n) is 3.27. The van der Waals surface area contributed by atoms with E-state index >= 15 is 0 Å². The zero-order valence-corrected chi connectivity index (χ0v) is 21.2. The van der Waals surface area contributed by atoms with E-state index < -0.39 is 32.2 Å². The minimum absolute atomic E-state index is 0.0221. The van der Waals surface area contributed by atoms with Gasteiger partial charge >= 0.3 is 0 Å². The number of hydrogen-bond acceptors (Lipinski definition) is 6. The summed E-state index contributed by atoms with van der Waals surface area (Å²) in [5, 5.41) is 9.68. The van der Waals surface area contributed by atoms with Crippen LogP contribution in [0.3, 0.4) is 0 Å². The van der Waals surface area contributed by atoms with Crippen LogP contribution < -0.4 is 4.74 Å². The molecular formula is C22H34N2O6S2. The highest BCUT2D eigenvalue weighted by Crippen LogP contribution is 2.34. The fourth-order valence-corrected chi connectivity index (χ4v) is 5.51. The Morgan fingerprint density at radius 3 is 2.53 bits per heavy atom. The minimum Gasteiger partial charge on any atom is -0.487 e. The van der Waals surface area contributed by atoms with Crippen molar-refractivity contribution in [3.8, 4) is 17.6 Å². The molecule has 0 saturated heterocycles. The van der Waals surface area contributed by atoms with E-state index in [0.717, 1.165) is 6.26 Å². The molecule has 0 bridgehead atoms. The number of ether oxygens (including phenoxy) is 1. The summed E-state index contributed by atoms with van der Waals surface area (Å²) in [5.74, 6) is 6.32. The van der Waals surface area contributed by atoms with Gasteiger partial charge < -0.3 is 9.84 Å². The van der Waals surface area contributed by atoms with Crippen LogP contribution in [0, 0.1) is 23.7 Å². The Morgan fingerprint density at radius 1 is 1.31 bits per heavy atom. The number of benzene rings is 1. The van der Waals surface area contributed by atoms with Gasteiger partial charge in [0.05, 0.1) is 19.4 Å². The highest BCUT2D eigenvalue weighted by Gasteiger charge is 2.38. The van der Waals surface area contributed by atoms with Gasteiger partial charge in [0, 0.05) is 37.5 Å². The van der Waals surface area contributed by atoms with Crippen molar-refractivity contribution in [3.05, 3.63) is 23.8 Å². The Morgan fingerprint density at radius 2 is 1.97 bits per heavy atom. The van der Waals surface area contributed by atoms with Crippen molar-refractivity contribution in [1.29, 1.82) is 0 Å². The average molecular weight is 487 g/mol. The molecule has 1 aromatic carbocycles. The van der Waals surface area contributed by atoms with Gasteiger partial charge in [-0.15, -0.1) is 0 Å². The van der Waals surface area contributed by atoms with Gasteiger partial charge in [0.1, 0.15) is 16.7 Å². The maximum absolute atomic E-state index is 13.4. The lowest BCUT2D eigenvalue weighted by Gasteiger charge is -2.37. The minimum atomic E-state index is -3.95. The molecule has 0 saturated carbocycles. The molecule has 180 valence electrons. The number of nitrogens with zero attached hydrogens (tertiary/aromatic N) is 2. The van der Waals surface area contributed by atoms with Gasteiger partial charge in [-0.25, -0.2) is 21.1 Å². The molecular weight excluding hydrogens is 452 g/mol. The molecule has 0 aromatic heterocycles. The molecule has 2 rings (SSSR count). The summed E-state index contributed by atoms with van der Waals surface area (Å²) in [6.45, 7) is 7.37. The first-order valence-corrected chi connectivity index (χ1v) is 13.9. The normalized spacial score (nSPS) is 22.3. The lowest BCUT2D eigenvalue weighted by molar-refractivity contribution is 0.0905. The Labute approximate surface area is 192 Å². The van der Waals surface area contributed by atoms with Crippen molar-refractivity contribution in [2.45, 2.75) is 51.2 Å². The molecule has 10 heteroatoms. The van der Waals surface area contributed by atoms with E-state index in [2.05, 4.69) is 25.7 Å². The van der Waals surface area contributed by atoms with Crippen molar-refractivity contribution in [1.82, 2.24) is 8.61 Å². The number of fused-ring (bicyclic) bond motifs is 1. The first-order chi connectivity index (χ1) is 14.8. The lowest BCUT2D eigenvalue weighted by atomic mass is 10.0. The summed E-state index contributed by atoms with van der Waals surface area (Å²) >= 11 is 0. The number of sulfonamides is 2. The van der Waals surface area contributed by atoms with E-state index in [4.69, 9.17) is 4.74 Å². The number of aliphatic hydroxyl groups is 1. The van der Waals surface area contributed by atoms with Gasteiger partial charge in [0.2, 0.25) is 20.0 Å². The largest absolute Gasteiger partial charge is 0.487 e. The Hall–Kier alpha value is -1.64. The van der Waals surface area contributed by atoms with Crippen LogP contribution in [0.25, 0.3) is 0 Å². The van der Waals surface area contributed by atoms with Crippen LogP contribution in [0.15, 0.2) is 23.1 Å². The Kier molecular flexibility index (Phi) is 8.76. The van der Waals surface area contributed by atoms with E-state index in [1.807, 2.05) is 6.92 Å². The summed E-state index contributed by atoms with van der Waals surface area (Å²) < 4.78 is 59.4. The van der Waals surface area contributed by atoms with Gasteiger partial charge in [-0.2, -0.15) is 4.31 Å². The molecule has 0 unspecified atom stereocenters.